The molecule has 0 bridgehead atoms. The fourth-order valence-corrected chi connectivity index (χ4v) is 1.75. The standard InChI is InChI=1S/C12H13N3O/c1-14-5-6-15(9-12(14)16)11-4-2-3-10(7-11)8-13/h2-4,7H,5-6,9H2,1H3. The molecule has 0 saturated carbocycles. The quantitative estimate of drug-likeness (QED) is 0.697. The van der Waals surface area contributed by atoms with Gasteiger partial charge in [-0.25, -0.2) is 0 Å². The highest BCUT2D eigenvalue weighted by molar-refractivity contribution is 5.82. The molecule has 0 radical (unpaired) electrons. The second-order valence-electron chi connectivity index (χ2n) is 3.90. The topological polar surface area (TPSA) is 47.3 Å². The molecule has 0 N–H and O–H groups in total. The zero-order valence-corrected chi connectivity index (χ0v) is 9.18. The zero-order valence-electron chi connectivity index (χ0n) is 9.18. The molecule has 0 spiro atoms. The number of benzene rings is 1. The molecule has 82 valence electrons. The molecule has 1 aromatic carbocycles. The molecule has 1 aromatic rings. The molecule has 0 unspecified atom stereocenters. The molecule has 16 heavy (non-hydrogen) atoms. The first kappa shape index (κ1) is 10.5. The van der Waals surface area contributed by atoms with Crippen LogP contribution in [0.2, 0.25) is 0 Å². The van der Waals surface area contributed by atoms with Crippen LogP contribution in [0.5, 0.6) is 0 Å². The number of amides is 1. The lowest BCUT2D eigenvalue weighted by molar-refractivity contribution is -0.129. The fraction of sp³-hybridized carbons (Fsp3) is 0.333. The first-order valence-corrected chi connectivity index (χ1v) is 5.20. The van der Waals surface area contributed by atoms with Gasteiger partial charge in [-0.15, -0.1) is 0 Å². The number of anilines is 1. The van der Waals surface area contributed by atoms with Crippen LogP contribution >= 0.6 is 0 Å². The Balaban J connectivity index is 2.19. The average Bonchev–Trinajstić information content (AvgIpc) is 2.33. The summed E-state index contributed by atoms with van der Waals surface area (Å²) in [5.41, 5.74) is 1.57. The van der Waals surface area contributed by atoms with Crippen molar-refractivity contribution in [2.45, 2.75) is 0 Å². The van der Waals surface area contributed by atoms with Crippen molar-refractivity contribution in [1.29, 1.82) is 5.26 Å². The second kappa shape index (κ2) is 4.23. The molecule has 0 aliphatic carbocycles. The van der Waals surface area contributed by atoms with Gasteiger partial charge in [0.1, 0.15) is 0 Å². The van der Waals surface area contributed by atoms with Crippen LogP contribution in [-0.4, -0.2) is 37.5 Å². The normalized spacial score (nSPS) is 16.1. The van der Waals surface area contributed by atoms with E-state index in [4.69, 9.17) is 5.26 Å². The molecule has 1 fully saturated rings. The first-order valence-electron chi connectivity index (χ1n) is 5.20. The monoisotopic (exact) mass is 215 g/mol. The highest BCUT2D eigenvalue weighted by atomic mass is 16.2. The number of hydrogen-bond donors (Lipinski definition) is 0. The van der Waals surface area contributed by atoms with Crippen molar-refractivity contribution in [3.8, 4) is 6.07 Å². The van der Waals surface area contributed by atoms with Gasteiger partial charge in [0.15, 0.2) is 0 Å². The smallest absolute Gasteiger partial charge is 0.241 e. The number of carbonyl (C=O) groups is 1. The maximum atomic E-state index is 11.6. The summed E-state index contributed by atoms with van der Waals surface area (Å²) in [5.74, 6) is 0.119. The first-order chi connectivity index (χ1) is 7.70. The maximum absolute atomic E-state index is 11.6. The second-order valence-corrected chi connectivity index (χ2v) is 3.90. The summed E-state index contributed by atoms with van der Waals surface area (Å²) < 4.78 is 0. The minimum atomic E-state index is 0.119. The molecule has 0 aromatic heterocycles. The summed E-state index contributed by atoms with van der Waals surface area (Å²) in [4.78, 5) is 15.3. The molecule has 1 aliphatic rings. The highest BCUT2D eigenvalue weighted by Crippen LogP contribution is 2.17. The number of nitrogens with zero attached hydrogens (tertiary/aromatic N) is 3. The highest BCUT2D eigenvalue weighted by Gasteiger charge is 2.20. The summed E-state index contributed by atoms with van der Waals surface area (Å²) >= 11 is 0. The minimum absolute atomic E-state index is 0.119. The van der Waals surface area contributed by atoms with Crippen LogP contribution in [0.15, 0.2) is 24.3 Å². The van der Waals surface area contributed by atoms with Gasteiger partial charge in [0, 0.05) is 25.8 Å². The van der Waals surface area contributed by atoms with E-state index in [-0.39, 0.29) is 5.91 Å². The Morgan fingerprint density at radius 3 is 2.88 bits per heavy atom. The number of piperazine rings is 1. The van der Waals surface area contributed by atoms with Gasteiger partial charge in [-0.3, -0.25) is 4.79 Å². The van der Waals surface area contributed by atoms with Gasteiger partial charge in [0.2, 0.25) is 5.91 Å². The van der Waals surface area contributed by atoms with Gasteiger partial charge < -0.3 is 9.80 Å². The lowest BCUT2D eigenvalue weighted by Gasteiger charge is -2.33. The van der Waals surface area contributed by atoms with Crippen LogP contribution in [0, 0.1) is 11.3 Å². The van der Waals surface area contributed by atoms with E-state index in [0.717, 1.165) is 18.8 Å². The van der Waals surface area contributed by atoms with Gasteiger partial charge in [0.05, 0.1) is 18.2 Å². The van der Waals surface area contributed by atoms with Gasteiger partial charge in [-0.2, -0.15) is 5.26 Å². The third-order valence-corrected chi connectivity index (χ3v) is 2.80. The van der Waals surface area contributed by atoms with Crippen molar-refractivity contribution in [3.05, 3.63) is 29.8 Å². The Morgan fingerprint density at radius 2 is 2.19 bits per heavy atom. The molecule has 1 amide bonds. The van der Waals surface area contributed by atoms with Crippen molar-refractivity contribution in [1.82, 2.24) is 4.90 Å². The van der Waals surface area contributed by atoms with E-state index < -0.39 is 0 Å². The fourth-order valence-electron chi connectivity index (χ4n) is 1.75. The van der Waals surface area contributed by atoms with Crippen LogP contribution in [0.4, 0.5) is 5.69 Å². The average molecular weight is 215 g/mol. The molecular weight excluding hydrogens is 202 g/mol. The van der Waals surface area contributed by atoms with Crippen LogP contribution < -0.4 is 4.90 Å². The summed E-state index contributed by atoms with van der Waals surface area (Å²) in [6.07, 6.45) is 0. The molecule has 4 heteroatoms. The third-order valence-electron chi connectivity index (χ3n) is 2.80. The Morgan fingerprint density at radius 1 is 1.38 bits per heavy atom. The molecule has 4 nitrogen and oxygen atoms in total. The number of hydrogen-bond acceptors (Lipinski definition) is 3. The van der Waals surface area contributed by atoms with E-state index in [1.54, 1.807) is 11.0 Å². The maximum Gasteiger partial charge on any atom is 0.241 e. The summed E-state index contributed by atoms with van der Waals surface area (Å²) in [6.45, 7) is 1.94. The largest absolute Gasteiger partial charge is 0.360 e. The van der Waals surface area contributed by atoms with Crippen molar-refractivity contribution in [2.24, 2.45) is 0 Å². The zero-order chi connectivity index (χ0) is 11.5. The molecular formula is C12H13N3O. The molecule has 1 saturated heterocycles. The van der Waals surface area contributed by atoms with Gasteiger partial charge in [-0.05, 0) is 18.2 Å². The van der Waals surface area contributed by atoms with Gasteiger partial charge in [0.25, 0.3) is 0 Å². The van der Waals surface area contributed by atoms with Crippen molar-refractivity contribution in [3.63, 3.8) is 0 Å². The molecule has 2 rings (SSSR count). The van der Waals surface area contributed by atoms with Crippen molar-refractivity contribution < 1.29 is 4.79 Å². The lowest BCUT2D eigenvalue weighted by atomic mass is 10.2. The van der Waals surface area contributed by atoms with Crippen LogP contribution in [0.3, 0.4) is 0 Å². The number of carbonyl (C=O) groups excluding carboxylic acids is 1. The molecule has 1 heterocycles. The lowest BCUT2D eigenvalue weighted by Crippen LogP contribution is -2.48. The van der Waals surface area contributed by atoms with E-state index in [9.17, 15) is 4.79 Å². The van der Waals surface area contributed by atoms with Crippen molar-refractivity contribution in [2.75, 3.05) is 31.6 Å². The SMILES string of the molecule is CN1CCN(c2cccc(C#N)c2)CC1=O. The number of rotatable bonds is 1. The Bertz CT molecular complexity index is 450. The third kappa shape index (κ3) is 1.98. The summed E-state index contributed by atoms with van der Waals surface area (Å²) in [5, 5.41) is 8.81. The Labute approximate surface area is 94.7 Å². The van der Waals surface area contributed by atoms with Crippen LogP contribution in [0.1, 0.15) is 5.56 Å². The van der Waals surface area contributed by atoms with E-state index in [2.05, 4.69) is 6.07 Å². The van der Waals surface area contributed by atoms with E-state index in [0.29, 0.717) is 12.1 Å². The predicted octanol–water partition coefficient (Wildman–Crippen LogP) is 0.837. The van der Waals surface area contributed by atoms with Crippen LogP contribution in [-0.2, 0) is 4.79 Å². The van der Waals surface area contributed by atoms with E-state index >= 15 is 0 Å². The molecule has 0 atom stereocenters. The number of likely N-dealkylation sites (N-methyl/N-ethyl adjacent to an activating group) is 1. The summed E-state index contributed by atoms with van der Waals surface area (Å²) in [7, 11) is 1.81. The van der Waals surface area contributed by atoms with Crippen LogP contribution in [0.25, 0.3) is 0 Å². The number of nitriles is 1. The van der Waals surface area contributed by atoms with E-state index in [1.165, 1.54) is 0 Å². The Hall–Kier alpha value is -2.02. The summed E-state index contributed by atoms with van der Waals surface area (Å²) in [6, 6.07) is 9.46. The molecule has 1 aliphatic heterocycles. The minimum Gasteiger partial charge on any atom is -0.360 e. The van der Waals surface area contributed by atoms with Crippen molar-refractivity contribution >= 4 is 11.6 Å². The Kier molecular flexibility index (Phi) is 2.78. The van der Waals surface area contributed by atoms with Gasteiger partial charge >= 0.3 is 0 Å². The van der Waals surface area contributed by atoms with Gasteiger partial charge in [-0.1, -0.05) is 6.07 Å². The predicted molar refractivity (Wildman–Crippen MR) is 61.0 cm³/mol. The van der Waals surface area contributed by atoms with E-state index in [1.807, 2.05) is 30.1 Å².